The van der Waals surface area contributed by atoms with Crippen molar-refractivity contribution in [1.29, 1.82) is 5.39 Å². The van der Waals surface area contributed by atoms with E-state index in [4.69, 9.17) is 22.1 Å². The second-order valence-electron chi connectivity index (χ2n) is 2.21. The molecule has 0 aliphatic rings. The van der Waals surface area contributed by atoms with E-state index in [1.807, 2.05) is 0 Å². The number of hydrogen-bond donors (Lipinski definition) is 1. The topological polar surface area (TPSA) is 88.5 Å². The molecule has 5 nitrogen and oxygen atoms in total. The maximum atomic E-state index is 11.1. The highest BCUT2D eigenvalue weighted by atomic mass is 35.5. The number of rotatable bonds is 1. The van der Waals surface area contributed by atoms with Crippen LogP contribution in [0.2, 0.25) is 5.02 Å². The van der Waals surface area contributed by atoms with Gasteiger partial charge in [0.2, 0.25) is 5.39 Å². The van der Waals surface area contributed by atoms with E-state index in [1.165, 1.54) is 0 Å². The zero-order valence-corrected chi connectivity index (χ0v) is 6.95. The number of halogens is 1. The van der Waals surface area contributed by atoms with E-state index in [9.17, 15) is 9.90 Å². The second kappa shape index (κ2) is 3.29. The summed E-state index contributed by atoms with van der Waals surface area (Å²) in [6.45, 7) is 0. The van der Waals surface area contributed by atoms with Gasteiger partial charge in [0.15, 0.2) is 4.98 Å². The van der Waals surface area contributed by atoms with Crippen LogP contribution in [0.4, 0.5) is 5.69 Å². The summed E-state index contributed by atoms with van der Waals surface area (Å²) in [5, 5.41) is 28.0. The molecule has 0 fully saturated rings. The number of nitrogens with zero attached hydrogens (tertiary/aromatic N) is 2. The van der Waals surface area contributed by atoms with E-state index in [0.29, 0.717) is 0 Å². The summed E-state index contributed by atoms with van der Waals surface area (Å²) in [5.41, 5.74) is -0.898. The van der Waals surface area contributed by atoms with Crippen molar-refractivity contribution in [3.05, 3.63) is 27.7 Å². The number of diazo groups is 1. The molecule has 1 aromatic carbocycles. The van der Waals surface area contributed by atoms with Crippen molar-refractivity contribution in [1.82, 2.24) is 0 Å². The molecule has 0 atom stereocenters. The average molecular weight is 199 g/mol. The van der Waals surface area contributed by atoms with Crippen LogP contribution in [0.1, 0.15) is 10.4 Å². The third-order valence-electron chi connectivity index (χ3n) is 1.37. The lowest BCUT2D eigenvalue weighted by atomic mass is 10.2. The SMILES string of the molecule is N#[N+]c1cc(Cl)cc(C(=O)O)c1[O-]. The molecule has 0 saturated heterocycles. The van der Waals surface area contributed by atoms with E-state index in [2.05, 4.69) is 4.98 Å². The molecule has 0 aliphatic heterocycles. The monoisotopic (exact) mass is 198 g/mol. The zero-order valence-electron chi connectivity index (χ0n) is 6.19. The lowest BCUT2D eigenvalue weighted by molar-refractivity contribution is -0.267. The summed E-state index contributed by atoms with van der Waals surface area (Å²) < 4.78 is 0. The fourth-order valence-corrected chi connectivity index (χ4v) is 1.02. The molecule has 0 aromatic heterocycles. The van der Waals surface area contributed by atoms with Gasteiger partial charge in [0, 0.05) is 10.8 Å². The molecule has 66 valence electrons. The summed E-state index contributed by atoms with van der Waals surface area (Å²) >= 11 is 5.47. The van der Waals surface area contributed by atoms with E-state index in [-0.39, 0.29) is 10.7 Å². The van der Waals surface area contributed by atoms with Crippen LogP contribution in [0.15, 0.2) is 12.1 Å². The highest BCUT2D eigenvalue weighted by Gasteiger charge is 2.15. The minimum Gasteiger partial charge on any atom is -0.866 e. The smallest absolute Gasteiger partial charge is 0.379 e. The van der Waals surface area contributed by atoms with Crippen molar-refractivity contribution in [2.45, 2.75) is 0 Å². The van der Waals surface area contributed by atoms with Gasteiger partial charge >= 0.3 is 11.7 Å². The number of carbonyl (C=O) groups is 1. The van der Waals surface area contributed by atoms with Gasteiger partial charge in [0.05, 0.1) is 11.6 Å². The van der Waals surface area contributed by atoms with Crippen molar-refractivity contribution in [3.63, 3.8) is 0 Å². The van der Waals surface area contributed by atoms with Crippen LogP contribution in [0.3, 0.4) is 0 Å². The first-order valence-electron chi connectivity index (χ1n) is 3.15. The van der Waals surface area contributed by atoms with Gasteiger partial charge < -0.3 is 10.2 Å². The van der Waals surface area contributed by atoms with Crippen LogP contribution in [0, 0.1) is 5.39 Å². The maximum absolute atomic E-state index is 11.1. The van der Waals surface area contributed by atoms with Crippen molar-refractivity contribution in [2.24, 2.45) is 0 Å². The largest absolute Gasteiger partial charge is 0.866 e. The highest BCUT2D eigenvalue weighted by molar-refractivity contribution is 6.31. The quantitative estimate of drug-likeness (QED) is 0.694. The van der Waals surface area contributed by atoms with Crippen molar-refractivity contribution in [2.75, 3.05) is 0 Å². The molecule has 0 heterocycles. The van der Waals surface area contributed by atoms with E-state index in [1.54, 1.807) is 0 Å². The van der Waals surface area contributed by atoms with Crippen LogP contribution in [-0.2, 0) is 0 Å². The highest BCUT2D eigenvalue weighted by Crippen LogP contribution is 2.31. The van der Waals surface area contributed by atoms with Gasteiger partial charge in [0.1, 0.15) is 0 Å². The minimum atomic E-state index is -1.41. The van der Waals surface area contributed by atoms with E-state index < -0.39 is 17.3 Å². The van der Waals surface area contributed by atoms with E-state index >= 15 is 0 Å². The third kappa shape index (κ3) is 1.68. The summed E-state index contributed by atoms with van der Waals surface area (Å²) in [7, 11) is 0. The van der Waals surface area contributed by atoms with Crippen LogP contribution < -0.4 is 5.11 Å². The molecule has 6 heteroatoms. The Morgan fingerprint density at radius 2 is 2.23 bits per heavy atom. The Labute approximate surface area is 77.8 Å². The Balaban J connectivity index is 3.47. The molecule has 0 aliphatic carbocycles. The Morgan fingerprint density at radius 1 is 1.62 bits per heavy atom. The molecule has 0 amide bonds. The van der Waals surface area contributed by atoms with Crippen molar-refractivity contribution >= 4 is 23.3 Å². The normalized spacial score (nSPS) is 9.23. The third-order valence-corrected chi connectivity index (χ3v) is 1.59. The second-order valence-corrected chi connectivity index (χ2v) is 2.64. The Bertz CT molecular complexity index is 411. The lowest BCUT2D eigenvalue weighted by Crippen LogP contribution is -2.03. The molecular formula is C7H3ClN2O3. The summed E-state index contributed by atoms with van der Waals surface area (Å²) in [5.74, 6) is -2.27. The van der Waals surface area contributed by atoms with Gasteiger partial charge in [-0.25, -0.2) is 4.79 Å². The van der Waals surface area contributed by atoms with Gasteiger partial charge in [-0.1, -0.05) is 11.6 Å². The average Bonchev–Trinajstić information content (AvgIpc) is 2.08. The van der Waals surface area contributed by atoms with Gasteiger partial charge in [-0.2, -0.15) is 0 Å². The number of carboxylic acid groups (broad SMARTS) is 1. The van der Waals surface area contributed by atoms with Gasteiger partial charge in [-0.05, 0) is 6.07 Å². The molecule has 1 aromatic rings. The number of carboxylic acids is 1. The summed E-state index contributed by atoms with van der Waals surface area (Å²) in [6.07, 6.45) is 0. The minimum absolute atomic E-state index is 0.0322. The van der Waals surface area contributed by atoms with Gasteiger partial charge in [-0.15, -0.1) is 0 Å². The van der Waals surface area contributed by atoms with Crippen LogP contribution in [0.5, 0.6) is 5.75 Å². The Morgan fingerprint density at radius 3 is 2.69 bits per heavy atom. The van der Waals surface area contributed by atoms with Crippen LogP contribution in [0.25, 0.3) is 4.98 Å². The number of benzene rings is 1. The fraction of sp³-hybridized carbons (Fsp3) is 0. The fourth-order valence-electron chi connectivity index (χ4n) is 0.812. The predicted molar refractivity (Wildman–Crippen MR) is 42.6 cm³/mol. The zero-order chi connectivity index (χ0) is 10.0. The first-order chi connectivity index (χ1) is 6.06. The molecule has 13 heavy (non-hydrogen) atoms. The summed E-state index contributed by atoms with van der Waals surface area (Å²) in [6, 6.07) is 2.08. The molecule has 1 rings (SSSR count). The number of aromatic carboxylic acids is 1. The Kier molecular flexibility index (Phi) is 2.35. The van der Waals surface area contributed by atoms with Crippen molar-refractivity contribution < 1.29 is 15.0 Å². The van der Waals surface area contributed by atoms with Crippen LogP contribution in [-0.4, -0.2) is 11.1 Å². The summed E-state index contributed by atoms with van der Waals surface area (Å²) in [4.78, 5) is 13.1. The Hall–Kier alpha value is -1.80. The lowest BCUT2D eigenvalue weighted by Gasteiger charge is -2.05. The molecule has 1 N–H and O–H groups in total. The van der Waals surface area contributed by atoms with E-state index in [0.717, 1.165) is 12.1 Å². The molecule has 0 unspecified atom stereocenters. The van der Waals surface area contributed by atoms with Gasteiger partial charge in [0.25, 0.3) is 0 Å². The molecule has 0 bridgehead atoms. The molecular weight excluding hydrogens is 196 g/mol. The van der Waals surface area contributed by atoms with Crippen molar-refractivity contribution in [3.8, 4) is 5.75 Å². The van der Waals surface area contributed by atoms with Crippen LogP contribution >= 0.6 is 11.6 Å². The number of hydrogen-bond acceptors (Lipinski definition) is 3. The molecule has 0 saturated carbocycles. The molecule has 0 spiro atoms. The first-order valence-corrected chi connectivity index (χ1v) is 3.53. The first kappa shape index (κ1) is 9.29. The standard InChI is InChI=1S/C7H3ClN2O3/c8-3-1-4(7(12)13)6(11)5(2-3)10-9/h1-2H,(H-,11,12,13). The predicted octanol–water partition coefficient (Wildman–Crippen LogP) is 1.60. The molecule has 0 radical (unpaired) electrons. The van der Waals surface area contributed by atoms with Gasteiger partial charge in [-0.3, -0.25) is 0 Å². The maximum Gasteiger partial charge on any atom is 0.379 e.